The molecule has 1 aliphatic heterocycles. The Kier molecular flexibility index (Phi) is 6.13. The zero-order valence-corrected chi connectivity index (χ0v) is 18.9. The normalized spacial score (nSPS) is 14.1. The van der Waals surface area contributed by atoms with E-state index < -0.39 is 0 Å². The number of hydrogen-bond donors (Lipinski definition) is 2. The van der Waals surface area contributed by atoms with Crippen molar-refractivity contribution in [3.8, 4) is 0 Å². The largest absolute Gasteiger partial charge is 0.378 e. The third-order valence-electron chi connectivity index (χ3n) is 5.27. The minimum Gasteiger partial charge on any atom is -0.378 e. The lowest BCUT2D eigenvalue weighted by atomic mass is 10.1. The molecular weight excluding hydrogens is 394 g/mol. The maximum atomic E-state index is 4.96. The summed E-state index contributed by atoms with van der Waals surface area (Å²) in [6.45, 7) is 6.16. The number of nitrogens with zero attached hydrogens (tertiary/aromatic N) is 5. The molecule has 1 saturated heterocycles. The van der Waals surface area contributed by atoms with Crippen molar-refractivity contribution in [2.45, 2.75) is 43.2 Å². The third kappa shape index (κ3) is 4.70. The van der Waals surface area contributed by atoms with Crippen molar-refractivity contribution in [1.29, 1.82) is 0 Å². The van der Waals surface area contributed by atoms with Crippen molar-refractivity contribution in [3.63, 3.8) is 0 Å². The third-order valence-corrected chi connectivity index (χ3v) is 6.14. The zero-order chi connectivity index (χ0) is 21.1. The monoisotopic (exact) mass is 423 g/mol. The SMILES string of the molecule is Cc1cc(Nc2nc(Sc3ccc(N(C)C)cc3)nc(N3CCCCC3)c2C)n[nH]1. The number of H-pyrrole nitrogens is 1. The maximum absolute atomic E-state index is 4.96. The van der Waals surface area contributed by atoms with E-state index in [1.807, 2.05) is 27.1 Å². The van der Waals surface area contributed by atoms with E-state index >= 15 is 0 Å². The molecule has 2 aromatic heterocycles. The van der Waals surface area contributed by atoms with Crippen LogP contribution in [0.5, 0.6) is 0 Å². The van der Waals surface area contributed by atoms with Crippen molar-refractivity contribution >= 4 is 34.9 Å². The van der Waals surface area contributed by atoms with E-state index in [4.69, 9.17) is 9.97 Å². The van der Waals surface area contributed by atoms with Crippen LogP contribution in [0.2, 0.25) is 0 Å². The minimum absolute atomic E-state index is 0.744. The van der Waals surface area contributed by atoms with Crippen LogP contribution in [0.4, 0.5) is 23.1 Å². The van der Waals surface area contributed by atoms with E-state index in [0.29, 0.717) is 0 Å². The van der Waals surface area contributed by atoms with Gasteiger partial charge in [0, 0.05) is 55.1 Å². The van der Waals surface area contributed by atoms with Crippen molar-refractivity contribution in [3.05, 3.63) is 41.6 Å². The van der Waals surface area contributed by atoms with Crippen molar-refractivity contribution < 1.29 is 0 Å². The van der Waals surface area contributed by atoms with Crippen molar-refractivity contribution in [2.24, 2.45) is 0 Å². The lowest BCUT2D eigenvalue weighted by Crippen LogP contribution is -2.31. The standard InChI is InChI=1S/C22H29N7S/c1-15-14-19(27-26-15)23-20-16(2)21(29-12-6-5-7-13-29)25-22(24-20)30-18-10-8-17(9-11-18)28(3)4/h8-11,14H,5-7,12-13H2,1-4H3,(H2,23,24,25,26,27). The lowest BCUT2D eigenvalue weighted by molar-refractivity contribution is 0.570. The molecule has 0 amide bonds. The van der Waals surface area contributed by atoms with Crippen LogP contribution in [-0.4, -0.2) is 47.4 Å². The molecule has 4 rings (SSSR count). The smallest absolute Gasteiger partial charge is 0.196 e. The first-order chi connectivity index (χ1) is 14.5. The van der Waals surface area contributed by atoms with Gasteiger partial charge in [0.05, 0.1) is 0 Å². The Hall–Kier alpha value is -2.74. The van der Waals surface area contributed by atoms with E-state index in [9.17, 15) is 0 Å². The molecule has 1 aliphatic rings. The van der Waals surface area contributed by atoms with E-state index in [1.165, 1.54) is 24.9 Å². The summed E-state index contributed by atoms with van der Waals surface area (Å²) in [6.07, 6.45) is 3.70. The summed E-state index contributed by atoms with van der Waals surface area (Å²) in [4.78, 5) is 15.4. The molecule has 0 saturated carbocycles. The average Bonchev–Trinajstić information content (AvgIpc) is 3.16. The topological polar surface area (TPSA) is 73.0 Å². The molecule has 158 valence electrons. The second kappa shape index (κ2) is 8.95. The highest BCUT2D eigenvalue weighted by atomic mass is 32.2. The van der Waals surface area contributed by atoms with Gasteiger partial charge in [-0.1, -0.05) is 0 Å². The van der Waals surface area contributed by atoms with Gasteiger partial charge in [0.2, 0.25) is 0 Å². The summed E-state index contributed by atoms with van der Waals surface area (Å²) < 4.78 is 0. The first kappa shape index (κ1) is 20.5. The van der Waals surface area contributed by atoms with Gasteiger partial charge in [-0.2, -0.15) is 5.10 Å². The van der Waals surface area contributed by atoms with Crippen LogP contribution < -0.4 is 15.1 Å². The van der Waals surface area contributed by atoms with Crippen LogP contribution in [0.25, 0.3) is 0 Å². The summed E-state index contributed by atoms with van der Waals surface area (Å²) >= 11 is 1.59. The molecule has 0 unspecified atom stereocenters. The number of aromatic amines is 1. The first-order valence-corrected chi connectivity index (χ1v) is 11.2. The van der Waals surface area contributed by atoms with Crippen LogP contribution in [0.1, 0.15) is 30.5 Å². The minimum atomic E-state index is 0.744. The summed E-state index contributed by atoms with van der Waals surface area (Å²) in [5.74, 6) is 2.60. The summed E-state index contributed by atoms with van der Waals surface area (Å²) in [5.41, 5.74) is 3.25. The van der Waals surface area contributed by atoms with Gasteiger partial charge in [0.25, 0.3) is 0 Å². The zero-order valence-electron chi connectivity index (χ0n) is 18.1. The summed E-state index contributed by atoms with van der Waals surface area (Å²) in [5, 5.41) is 11.4. The number of piperidine rings is 1. The Bertz CT molecular complexity index is 991. The van der Waals surface area contributed by atoms with Crippen LogP contribution in [0.15, 0.2) is 40.4 Å². The van der Waals surface area contributed by atoms with Crippen LogP contribution in [0, 0.1) is 13.8 Å². The fourth-order valence-corrected chi connectivity index (χ4v) is 4.34. The van der Waals surface area contributed by atoms with Crippen LogP contribution in [-0.2, 0) is 0 Å². The average molecular weight is 424 g/mol. The fraction of sp³-hybridized carbons (Fsp3) is 0.409. The number of benzene rings is 1. The van der Waals surface area contributed by atoms with Gasteiger partial charge >= 0.3 is 0 Å². The lowest BCUT2D eigenvalue weighted by Gasteiger charge is -2.29. The highest BCUT2D eigenvalue weighted by Crippen LogP contribution is 2.33. The Morgan fingerprint density at radius 2 is 1.77 bits per heavy atom. The Balaban J connectivity index is 1.66. The first-order valence-electron chi connectivity index (χ1n) is 10.4. The molecule has 30 heavy (non-hydrogen) atoms. The highest BCUT2D eigenvalue weighted by molar-refractivity contribution is 7.99. The van der Waals surface area contributed by atoms with Crippen molar-refractivity contribution in [1.82, 2.24) is 20.2 Å². The van der Waals surface area contributed by atoms with Gasteiger partial charge < -0.3 is 15.1 Å². The molecule has 0 bridgehead atoms. The number of rotatable bonds is 6. The molecule has 0 spiro atoms. The van der Waals surface area contributed by atoms with E-state index in [-0.39, 0.29) is 0 Å². The highest BCUT2D eigenvalue weighted by Gasteiger charge is 2.20. The number of aryl methyl sites for hydroxylation is 1. The molecule has 1 fully saturated rings. The molecule has 3 heterocycles. The second-order valence-electron chi connectivity index (χ2n) is 7.90. The Morgan fingerprint density at radius 1 is 1.03 bits per heavy atom. The number of nitrogens with one attached hydrogen (secondary N) is 2. The van der Waals surface area contributed by atoms with Crippen LogP contribution >= 0.6 is 11.8 Å². The maximum Gasteiger partial charge on any atom is 0.196 e. The summed E-state index contributed by atoms with van der Waals surface area (Å²) in [7, 11) is 4.09. The molecule has 0 atom stereocenters. The molecule has 2 N–H and O–H groups in total. The molecule has 7 nitrogen and oxygen atoms in total. The predicted molar refractivity (Wildman–Crippen MR) is 124 cm³/mol. The molecular formula is C22H29N7S. The van der Waals surface area contributed by atoms with Gasteiger partial charge in [0.15, 0.2) is 11.0 Å². The van der Waals surface area contributed by atoms with Gasteiger partial charge in [-0.15, -0.1) is 0 Å². The van der Waals surface area contributed by atoms with Gasteiger partial charge in [-0.25, -0.2) is 9.97 Å². The Morgan fingerprint density at radius 3 is 2.40 bits per heavy atom. The van der Waals surface area contributed by atoms with E-state index in [0.717, 1.165) is 51.9 Å². The van der Waals surface area contributed by atoms with Gasteiger partial charge in [-0.3, -0.25) is 5.10 Å². The molecule has 3 aromatic rings. The number of aromatic nitrogens is 4. The quantitative estimate of drug-likeness (QED) is 0.553. The van der Waals surface area contributed by atoms with Crippen LogP contribution in [0.3, 0.4) is 0 Å². The molecule has 0 radical (unpaired) electrons. The van der Waals surface area contributed by atoms with Gasteiger partial charge in [0.1, 0.15) is 11.6 Å². The van der Waals surface area contributed by atoms with E-state index in [2.05, 4.69) is 56.5 Å². The molecule has 8 heteroatoms. The van der Waals surface area contributed by atoms with E-state index in [1.54, 1.807) is 11.8 Å². The van der Waals surface area contributed by atoms with Gasteiger partial charge in [-0.05, 0) is 69.1 Å². The van der Waals surface area contributed by atoms with Crippen molar-refractivity contribution in [2.75, 3.05) is 42.3 Å². The number of hydrogen-bond acceptors (Lipinski definition) is 7. The molecule has 1 aromatic carbocycles. The predicted octanol–water partition coefficient (Wildman–Crippen LogP) is 4.77. The fourth-order valence-electron chi connectivity index (χ4n) is 3.59. The Labute approximate surface area is 182 Å². The second-order valence-corrected chi connectivity index (χ2v) is 8.94. The molecule has 0 aliphatic carbocycles. The summed E-state index contributed by atoms with van der Waals surface area (Å²) in [6, 6.07) is 10.5. The number of anilines is 4.